The first-order valence-corrected chi connectivity index (χ1v) is 7.65. The molecule has 2 aromatic rings. The summed E-state index contributed by atoms with van der Waals surface area (Å²) < 4.78 is 10.5. The Bertz CT molecular complexity index is 776. The molecule has 0 N–H and O–H groups in total. The lowest BCUT2D eigenvalue weighted by molar-refractivity contribution is -0.385. The van der Waals surface area contributed by atoms with Crippen molar-refractivity contribution in [3.05, 3.63) is 62.7 Å². The molecule has 126 valence electrons. The largest absolute Gasteiger partial charge is 0.466 e. The number of nitrogens with zero attached hydrogens (tertiary/aromatic N) is 1. The molecule has 0 aliphatic heterocycles. The lowest BCUT2D eigenvalue weighted by Gasteiger charge is -2.10. The predicted octanol–water partition coefficient (Wildman–Crippen LogP) is 4.45. The van der Waals surface area contributed by atoms with Gasteiger partial charge >= 0.3 is 5.97 Å². The van der Waals surface area contributed by atoms with Gasteiger partial charge in [-0.2, -0.15) is 0 Å². The van der Waals surface area contributed by atoms with E-state index >= 15 is 0 Å². The van der Waals surface area contributed by atoms with E-state index in [1.165, 1.54) is 12.1 Å². The lowest BCUT2D eigenvalue weighted by atomic mass is 10.1. The van der Waals surface area contributed by atoms with Crippen LogP contribution in [0.25, 0.3) is 0 Å². The van der Waals surface area contributed by atoms with E-state index in [1.54, 1.807) is 38.1 Å². The Morgan fingerprint density at radius 3 is 2.58 bits per heavy atom. The molecule has 0 atom stereocenters. The van der Waals surface area contributed by atoms with Crippen LogP contribution < -0.4 is 4.74 Å². The van der Waals surface area contributed by atoms with Crippen molar-refractivity contribution in [3.8, 4) is 11.5 Å². The summed E-state index contributed by atoms with van der Waals surface area (Å²) in [5, 5.41) is 11.2. The van der Waals surface area contributed by atoms with Gasteiger partial charge in [0.1, 0.15) is 11.5 Å². The average molecular weight is 350 g/mol. The zero-order valence-electron chi connectivity index (χ0n) is 13.2. The number of rotatable bonds is 6. The SMILES string of the molecule is CCOC(=O)Cc1ccc(Oc2ccc([N+](=O)[O-])c(C)c2)c(Cl)c1. The van der Waals surface area contributed by atoms with Gasteiger partial charge in [0.25, 0.3) is 5.69 Å². The molecule has 0 unspecified atom stereocenters. The Balaban J connectivity index is 2.14. The van der Waals surface area contributed by atoms with E-state index in [1.807, 2.05) is 0 Å². The van der Waals surface area contributed by atoms with E-state index in [9.17, 15) is 14.9 Å². The third-order valence-electron chi connectivity index (χ3n) is 3.24. The van der Waals surface area contributed by atoms with E-state index in [0.717, 1.165) is 0 Å². The van der Waals surface area contributed by atoms with Crippen LogP contribution in [0.5, 0.6) is 11.5 Å². The normalized spacial score (nSPS) is 10.3. The molecule has 0 radical (unpaired) electrons. The number of nitro benzene ring substituents is 1. The third kappa shape index (κ3) is 4.45. The van der Waals surface area contributed by atoms with E-state index in [-0.39, 0.29) is 18.1 Å². The number of hydrogen-bond donors (Lipinski definition) is 0. The highest BCUT2D eigenvalue weighted by molar-refractivity contribution is 6.32. The lowest BCUT2D eigenvalue weighted by Crippen LogP contribution is -2.07. The number of carbonyl (C=O) groups is 1. The van der Waals surface area contributed by atoms with Gasteiger partial charge < -0.3 is 9.47 Å². The van der Waals surface area contributed by atoms with Crippen molar-refractivity contribution in [2.45, 2.75) is 20.3 Å². The summed E-state index contributed by atoms with van der Waals surface area (Å²) in [7, 11) is 0. The van der Waals surface area contributed by atoms with Crippen LogP contribution in [-0.2, 0) is 16.0 Å². The van der Waals surface area contributed by atoms with Gasteiger partial charge in [0.15, 0.2) is 0 Å². The molecule has 0 spiro atoms. The molecule has 0 heterocycles. The van der Waals surface area contributed by atoms with Crippen LogP contribution in [0.15, 0.2) is 36.4 Å². The maximum absolute atomic E-state index is 11.5. The smallest absolute Gasteiger partial charge is 0.310 e. The van der Waals surface area contributed by atoms with E-state index < -0.39 is 4.92 Å². The predicted molar refractivity (Wildman–Crippen MR) is 89.7 cm³/mol. The van der Waals surface area contributed by atoms with Crippen LogP contribution in [0, 0.1) is 17.0 Å². The molecule has 2 rings (SSSR count). The molecule has 0 aromatic heterocycles. The van der Waals surface area contributed by atoms with Crippen molar-refractivity contribution < 1.29 is 19.2 Å². The Hall–Kier alpha value is -2.60. The van der Waals surface area contributed by atoms with Crippen LogP contribution in [0.4, 0.5) is 5.69 Å². The molecule has 6 nitrogen and oxygen atoms in total. The quantitative estimate of drug-likeness (QED) is 0.437. The average Bonchev–Trinajstić information content (AvgIpc) is 2.50. The van der Waals surface area contributed by atoms with Gasteiger partial charge in [0.2, 0.25) is 0 Å². The van der Waals surface area contributed by atoms with Gasteiger partial charge in [0, 0.05) is 11.6 Å². The van der Waals surface area contributed by atoms with Gasteiger partial charge in [-0.15, -0.1) is 0 Å². The van der Waals surface area contributed by atoms with Crippen LogP contribution in [0.2, 0.25) is 5.02 Å². The topological polar surface area (TPSA) is 78.7 Å². The number of benzene rings is 2. The van der Waals surface area contributed by atoms with Gasteiger partial charge in [-0.25, -0.2) is 0 Å². The van der Waals surface area contributed by atoms with Gasteiger partial charge in [0.05, 0.1) is 23.0 Å². The van der Waals surface area contributed by atoms with Gasteiger partial charge in [-0.3, -0.25) is 14.9 Å². The number of aryl methyl sites for hydroxylation is 1. The molecule has 7 heteroatoms. The molecule has 0 aliphatic rings. The van der Waals surface area contributed by atoms with Crippen LogP contribution in [0.1, 0.15) is 18.1 Å². The van der Waals surface area contributed by atoms with Crippen molar-refractivity contribution in [2.24, 2.45) is 0 Å². The molecule has 0 fully saturated rings. The highest BCUT2D eigenvalue weighted by Gasteiger charge is 2.13. The van der Waals surface area contributed by atoms with Crippen LogP contribution in [0.3, 0.4) is 0 Å². The second-order valence-corrected chi connectivity index (χ2v) is 5.46. The number of esters is 1. The van der Waals surface area contributed by atoms with E-state index in [2.05, 4.69) is 0 Å². The summed E-state index contributed by atoms with van der Waals surface area (Å²) in [6.07, 6.45) is 0.129. The monoisotopic (exact) mass is 349 g/mol. The van der Waals surface area contributed by atoms with E-state index in [0.29, 0.717) is 34.3 Å². The first-order chi connectivity index (χ1) is 11.4. The molecule has 0 bridgehead atoms. The summed E-state index contributed by atoms with van der Waals surface area (Å²) in [5.74, 6) is 0.518. The van der Waals surface area contributed by atoms with Gasteiger partial charge in [-0.1, -0.05) is 17.7 Å². The van der Waals surface area contributed by atoms with Crippen molar-refractivity contribution in [1.29, 1.82) is 0 Å². The fourth-order valence-corrected chi connectivity index (χ4v) is 2.38. The number of nitro groups is 1. The van der Waals surface area contributed by atoms with Crippen LogP contribution >= 0.6 is 11.6 Å². The third-order valence-corrected chi connectivity index (χ3v) is 3.54. The highest BCUT2D eigenvalue weighted by atomic mass is 35.5. The molecule has 0 saturated carbocycles. The number of halogens is 1. The minimum atomic E-state index is -0.448. The molecular weight excluding hydrogens is 334 g/mol. The summed E-state index contributed by atoms with van der Waals surface area (Å²) in [5.41, 5.74) is 1.23. The van der Waals surface area contributed by atoms with Gasteiger partial charge in [-0.05, 0) is 43.7 Å². The molecule has 0 saturated heterocycles. The van der Waals surface area contributed by atoms with Crippen LogP contribution in [-0.4, -0.2) is 17.5 Å². The summed E-state index contributed by atoms with van der Waals surface area (Å²) >= 11 is 6.18. The van der Waals surface area contributed by atoms with Crippen molar-refractivity contribution in [1.82, 2.24) is 0 Å². The fraction of sp³-hybridized carbons (Fsp3) is 0.235. The van der Waals surface area contributed by atoms with E-state index in [4.69, 9.17) is 21.1 Å². The van der Waals surface area contributed by atoms with Crippen molar-refractivity contribution in [3.63, 3.8) is 0 Å². The number of carbonyl (C=O) groups excluding carboxylic acids is 1. The molecule has 24 heavy (non-hydrogen) atoms. The number of ether oxygens (including phenoxy) is 2. The standard InChI is InChI=1S/C17H16ClNO5/c1-3-23-17(20)10-12-4-7-16(14(18)9-12)24-13-5-6-15(19(21)22)11(2)8-13/h4-9H,3,10H2,1-2H3. The molecule has 0 aliphatic carbocycles. The second-order valence-electron chi connectivity index (χ2n) is 5.05. The Morgan fingerprint density at radius 2 is 2.00 bits per heavy atom. The highest BCUT2D eigenvalue weighted by Crippen LogP contribution is 2.32. The first kappa shape index (κ1) is 17.7. The van der Waals surface area contributed by atoms with Crippen molar-refractivity contribution >= 4 is 23.3 Å². The maximum Gasteiger partial charge on any atom is 0.310 e. The summed E-state index contributed by atoms with van der Waals surface area (Å²) in [6.45, 7) is 3.70. The minimum Gasteiger partial charge on any atom is -0.466 e. The zero-order valence-corrected chi connectivity index (χ0v) is 14.0. The van der Waals surface area contributed by atoms with Crippen molar-refractivity contribution in [2.75, 3.05) is 6.61 Å². The maximum atomic E-state index is 11.5. The Labute approximate surface area is 144 Å². The number of hydrogen-bond acceptors (Lipinski definition) is 5. The molecule has 0 amide bonds. The minimum absolute atomic E-state index is 0.0261. The second kappa shape index (κ2) is 7.79. The molecule has 2 aromatic carbocycles. The zero-order chi connectivity index (χ0) is 17.7. The molecular formula is C17H16ClNO5. The Kier molecular flexibility index (Phi) is 5.76. The summed E-state index contributed by atoms with van der Waals surface area (Å²) in [6, 6.07) is 9.46. The summed E-state index contributed by atoms with van der Waals surface area (Å²) in [4.78, 5) is 21.8. The first-order valence-electron chi connectivity index (χ1n) is 7.27. The Morgan fingerprint density at radius 1 is 1.25 bits per heavy atom. The fourth-order valence-electron chi connectivity index (χ4n) is 2.14.